The number of nitrogens with zero attached hydrogens (tertiary/aromatic N) is 2. The van der Waals surface area contributed by atoms with Gasteiger partial charge in [0.1, 0.15) is 5.01 Å². The summed E-state index contributed by atoms with van der Waals surface area (Å²) < 4.78 is 0. The SMILES string of the molecule is Cc1nc(-c2ccccc2Cl)sc1-c1ccn[nH]1. The Labute approximate surface area is 113 Å². The van der Waals surface area contributed by atoms with Crippen molar-refractivity contribution < 1.29 is 0 Å². The molecule has 3 nitrogen and oxygen atoms in total. The van der Waals surface area contributed by atoms with Gasteiger partial charge in [0, 0.05) is 11.8 Å². The summed E-state index contributed by atoms with van der Waals surface area (Å²) in [6, 6.07) is 9.69. The highest BCUT2D eigenvalue weighted by atomic mass is 35.5. The first-order valence-electron chi connectivity index (χ1n) is 5.48. The Hall–Kier alpha value is -1.65. The van der Waals surface area contributed by atoms with Crippen LogP contribution < -0.4 is 0 Å². The number of thiazole rings is 1. The largest absolute Gasteiger partial charge is 0.277 e. The van der Waals surface area contributed by atoms with Crippen LogP contribution in [0.2, 0.25) is 5.02 Å². The monoisotopic (exact) mass is 275 g/mol. The van der Waals surface area contributed by atoms with Crippen molar-refractivity contribution in [1.82, 2.24) is 15.2 Å². The van der Waals surface area contributed by atoms with Crippen LogP contribution in [0.1, 0.15) is 5.69 Å². The van der Waals surface area contributed by atoms with Crippen molar-refractivity contribution >= 4 is 22.9 Å². The lowest BCUT2D eigenvalue weighted by Gasteiger charge is -1.97. The van der Waals surface area contributed by atoms with Crippen LogP contribution in [-0.4, -0.2) is 15.2 Å². The fourth-order valence-electron chi connectivity index (χ4n) is 1.78. The van der Waals surface area contributed by atoms with Gasteiger partial charge < -0.3 is 0 Å². The van der Waals surface area contributed by atoms with E-state index < -0.39 is 0 Å². The van der Waals surface area contributed by atoms with Gasteiger partial charge in [-0.05, 0) is 19.1 Å². The number of H-pyrrole nitrogens is 1. The topological polar surface area (TPSA) is 41.6 Å². The first-order valence-corrected chi connectivity index (χ1v) is 6.67. The van der Waals surface area contributed by atoms with Gasteiger partial charge in [-0.3, -0.25) is 5.10 Å². The average Bonchev–Trinajstić information content (AvgIpc) is 2.98. The number of halogens is 1. The van der Waals surface area contributed by atoms with E-state index in [-0.39, 0.29) is 0 Å². The lowest BCUT2D eigenvalue weighted by atomic mass is 10.2. The number of aromatic amines is 1. The molecule has 0 amide bonds. The van der Waals surface area contributed by atoms with Gasteiger partial charge in [-0.2, -0.15) is 5.10 Å². The molecule has 0 unspecified atom stereocenters. The Kier molecular flexibility index (Phi) is 2.89. The van der Waals surface area contributed by atoms with Crippen molar-refractivity contribution in [2.45, 2.75) is 6.92 Å². The molecule has 1 aromatic carbocycles. The zero-order valence-electron chi connectivity index (χ0n) is 9.64. The van der Waals surface area contributed by atoms with Gasteiger partial charge in [0.05, 0.1) is 21.3 Å². The number of hydrogen-bond acceptors (Lipinski definition) is 3. The van der Waals surface area contributed by atoms with Crippen LogP contribution in [0.15, 0.2) is 36.5 Å². The number of aromatic nitrogens is 3. The van der Waals surface area contributed by atoms with Gasteiger partial charge in [-0.25, -0.2) is 4.98 Å². The van der Waals surface area contributed by atoms with Crippen LogP contribution in [-0.2, 0) is 0 Å². The molecule has 90 valence electrons. The molecular formula is C13H10ClN3S. The van der Waals surface area contributed by atoms with Crippen molar-refractivity contribution in [3.8, 4) is 21.1 Å². The molecule has 5 heteroatoms. The Morgan fingerprint density at radius 3 is 2.78 bits per heavy atom. The third-order valence-electron chi connectivity index (χ3n) is 2.65. The Bertz CT molecular complexity index is 673. The van der Waals surface area contributed by atoms with Gasteiger partial charge in [0.15, 0.2) is 0 Å². The highest BCUT2D eigenvalue weighted by molar-refractivity contribution is 7.18. The molecule has 0 aliphatic rings. The minimum atomic E-state index is 0.724. The molecule has 2 aromatic heterocycles. The third-order valence-corrected chi connectivity index (χ3v) is 4.20. The molecule has 0 aliphatic heterocycles. The predicted molar refractivity (Wildman–Crippen MR) is 74.9 cm³/mol. The molecule has 0 atom stereocenters. The maximum atomic E-state index is 6.19. The summed E-state index contributed by atoms with van der Waals surface area (Å²) >= 11 is 7.81. The van der Waals surface area contributed by atoms with Crippen LogP contribution in [0.25, 0.3) is 21.1 Å². The van der Waals surface area contributed by atoms with Gasteiger partial charge in [0.25, 0.3) is 0 Å². The molecule has 1 N–H and O–H groups in total. The van der Waals surface area contributed by atoms with E-state index in [1.165, 1.54) is 0 Å². The zero-order valence-corrected chi connectivity index (χ0v) is 11.2. The third kappa shape index (κ3) is 1.94. The fourth-order valence-corrected chi connectivity index (χ4v) is 3.14. The van der Waals surface area contributed by atoms with E-state index in [4.69, 9.17) is 11.6 Å². The smallest absolute Gasteiger partial charge is 0.125 e. The minimum absolute atomic E-state index is 0.724. The van der Waals surface area contributed by atoms with Crippen molar-refractivity contribution in [3.05, 3.63) is 47.2 Å². The van der Waals surface area contributed by atoms with Crippen molar-refractivity contribution in [1.29, 1.82) is 0 Å². The summed E-state index contributed by atoms with van der Waals surface area (Å²) in [7, 11) is 0. The fraction of sp³-hybridized carbons (Fsp3) is 0.0769. The van der Waals surface area contributed by atoms with E-state index in [1.807, 2.05) is 37.3 Å². The lowest BCUT2D eigenvalue weighted by molar-refractivity contribution is 1.09. The van der Waals surface area contributed by atoms with Crippen LogP contribution in [0.4, 0.5) is 0 Å². The minimum Gasteiger partial charge on any atom is -0.277 e. The summed E-state index contributed by atoms with van der Waals surface area (Å²) in [5.74, 6) is 0. The molecule has 2 heterocycles. The number of aryl methyl sites for hydroxylation is 1. The van der Waals surface area contributed by atoms with E-state index in [0.717, 1.165) is 31.9 Å². The Morgan fingerprint density at radius 2 is 2.06 bits per heavy atom. The van der Waals surface area contributed by atoms with E-state index >= 15 is 0 Å². The van der Waals surface area contributed by atoms with Gasteiger partial charge in [0.2, 0.25) is 0 Å². The molecule has 18 heavy (non-hydrogen) atoms. The van der Waals surface area contributed by atoms with Gasteiger partial charge in [-0.15, -0.1) is 11.3 Å². The molecule has 0 fully saturated rings. The second kappa shape index (κ2) is 4.55. The van der Waals surface area contributed by atoms with Crippen LogP contribution >= 0.6 is 22.9 Å². The molecule has 0 saturated heterocycles. The summed E-state index contributed by atoms with van der Waals surface area (Å²) in [5.41, 5.74) is 2.94. The van der Waals surface area contributed by atoms with E-state index in [1.54, 1.807) is 17.5 Å². The molecule has 3 aromatic rings. The lowest BCUT2D eigenvalue weighted by Crippen LogP contribution is -1.79. The molecule has 0 spiro atoms. The van der Waals surface area contributed by atoms with Crippen molar-refractivity contribution in [3.63, 3.8) is 0 Å². The van der Waals surface area contributed by atoms with Crippen LogP contribution in [0, 0.1) is 6.92 Å². The molecule has 0 aliphatic carbocycles. The highest BCUT2D eigenvalue weighted by Gasteiger charge is 2.13. The van der Waals surface area contributed by atoms with Crippen LogP contribution in [0.3, 0.4) is 0 Å². The zero-order chi connectivity index (χ0) is 12.5. The number of nitrogens with one attached hydrogen (secondary N) is 1. The van der Waals surface area contributed by atoms with Gasteiger partial charge >= 0.3 is 0 Å². The second-order valence-electron chi connectivity index (χ2n) is 3.88. The average molecular weight is 276 g/mol. The maximum absolute atomic E-state index is 6.19. The number of benzene rings is 1. The molecular weight excluding hydrogens is 266 g/mol. The standard InChI is InChI=1S/C13H10ClN3S/c1-8-12(11-6-7-15-17-11)18-13(16-8)9-4-2-3-5-10(9)14/h2-7H,1H3,(H,15,17). The normalized spacial score (nSPS) is 10.8. The first kappa shape index (κ1) is 11.4. The first-order chi connectivity index (χ1) is 8.75. The van der Waals surface area contributed by atoms with E-state index in [9.17, 15) is 0 Å². The molecule has 0 radical (unpaired) electrons. The Balaban J connectivity index is 2.11. The molecule has 0 saturated carbocycles. The van der Waals surface area contributed by atoms with E-state index in [0.29, 0.717) is 0 Å². The predicted octanol–water partition coefficient (Wildman–Crippen LogP) is 4.16. The number of hydrogen-bond donors (Lipinski definition) is 1. The highest BCUT2D eigenvalue weighted by Crippen LogP contribution is 2.36. The van der Waals surface area contributed by atoms with E-state index in [2.05, 4.69) is 15.2 Å². The molecule has 3 rings (SSSR count). The quantitative estimate of drug-likeness (QED) is 0.763. The van der Waals surface area contributed by atoms with Crippen molar-refractivity contribution in [2.75, 3.05) is 0 Å². The summed E-state index contributed by atoms with van der Waals surface area (Å²) in [4.78, 5) is 5.68. The maximum Gasteiger partial charge on any atom is 0.125 e. The van der Waals surface area contributed by atoms with Crippen LogP contribution in [0.5, 0.6) is 0 Å². The van der Waals surface area contributed by atoms with Crippen molar-refractivity contribution in [2.24, 2.45) is 0 Å². The Morgan fingerprint density at radius 1 is 1.22 bits per heavy atom. The van der Waals surface area contributed by atoms with Gasteiger partial charge in [-0.1, -0.05) is 29.8 Å². The molecule has 0 bridgehead atoms. The number of rotatable bonds is 2. The summed E-state index contributed by atoms with van der Waals surface area (Å²) in [5, 5.41) is 8.59. The summed E-state index contributed by atoms with van der Waals surface area (Å²) in [6.45, 7) is 1.99. The second-order valence-corrected chi connectivity index (χ2v) is 5.29. The summed E-state index contributed by atoms with van der Waals surface area (Å²) in [6.07, 6.45) is 1.74.